The molecule has 0 saturated heterocycles. The average molecular weight is 297 g/mol. The molecule has 0 N–H and O–H groups in total. The molecule has 0 amide bonds. The molecule has 1 aliphatic rings. The molecule has 2 heteroatoms. The largest absolute Gasteiger partial charge is 0.497 e. The van der Waals surface area contributed by atoms with E-state index in [1.807, 2.05) is 6.07 Å². The molecule has 0 spiro atoms. The first kappa shape index (κ1) is 12.9. The van der Waals surface area contributed by atoms with Crippen LogP contribution < -0.4 is 4.74 Å². The van der Waals surface area contributed by atoms with Crippen LogP contribution in [0.15, 0.2) is 24.3 Å². The molecule has 0 aliphatic heterocycles. The number of alkyl halides is 1. The zero-order valence-electron chi connectivity index (χ0n) is 10.5. The van der Waals surface area contributed by atoms with Gasteiger partial charge in [-0.05, 0) is 42.9 Å². The Morgan fingerprint density at radius 1 is 1.29 bits per heavy atom. The summed E-state index contributed by atoms with van der Waals surface area (Å²) in [5, 5.41) is 0. The first-order valence-corrected chi connectivity index (χ1v) is 7.46. The van der Waals surface area contributed by atoms with E-state index in [0.29, 0.717) is 0 Å². The van der Waals surface area contributed by atoms with Crippen LogP contribution >= 0.6 is 15.9 Å². The molecule has 2 atom stereocenters. The van der Waals surface area contributed by atoms with Gasteiger partial charge in [0.25, 0.3) is 0 Å². The van der Waals surface area contributed by atoms with Crippen molar-refractivity contribution >= 4 is 15.9 Å². The molecule has 2 unspecified atom stereocenters. The van der Waals surface area contributed by atoms with Gasteiger partial charge in [-0.3, -0.25) is 0 Å². The van der Waals surface area contributed by atoms with E-state index in [9.17, 15) is 0 Å². The van der Waals surface area contributed by atoms with Crippen molar-refractivity contribution in [1.82, 2.24) is 0 Å². The summed E-state index contributed by atoms with van der Waals surface area (Å²) in [5.74, 6) is 1.81. The van der Waals surface area contributed by atoms with E-state index < -0.39 is 0 Å². The third-order valence-electron chi connectivity index (χ3n) is 3.63. The van der Waals surface area contributed by atoms with Crippen LogP contribution in [0.1, 0.15) is 37.7 Å². The lowest BCUT2D eigenvalue weighted by molar-refractivity contribution is 0.412. The Bertz CT molecular complexity index is 351. The lowest BCUT2D eigenvalue weighted by Gasteiger charge is -2.16. The zero-order valence-corrected chi connectivity index (χ0v) is 12.1. The van der Waals surface area contributed by atoms with Crippen LogP contribution in [0.4, 0.5) is 0 Å². The molecule has 0 aromatic heterocycles. The van der Waals surface area contributed by atoms with E-state index in [4.69, 9.17) is 4.74 Å². The van der Waals surface area contributed by atoms with E-state index in [1.54, 1.807) is 7.11 Å². The highest BCUT2D eigenvalue weighted by molar-refractivity contribution is 9.09. The summed E-state index contributed by atoms with van der Waals surface area (Å²) in [5.41, 5.74) is 1.41. The normalized spacial score (nSPS) is 25.3. The van der Waals surface area contributed by atoms with Gasteiger partial charge in [0, 0.05) is 4.83 Å². The van der Waals surface area contributed by atoms with Crippen LogP contribution in [0, 0.1) is 5.92 Å². The summed E-state index contributed by atoms with van der Waals surface area (Å²) in [6, 6.07) is 8.51. The van der Waals surface area contributed by atoms with E-state index in [-0.39, 0.29) is 0 Å². The van der Waals surface area contributed by atoms with Crippen LogP contribution in [0.3, 0.4) is 0 Å². The maximum absolute atomic E-state index is 5.28. The SMILES string of the molecule is COc1cccc(CC2CCCCC(Br)C2)c1. The van der Waals surface area contributed by atoms with Crippen molar-refractivity contribution in [3.63, 3.8) is 0 Å². The third kappa shape index (κ3) is 4.02. The summed E-state index contributed by atoms with van der Waals surface area (Å²) >= 11 is 3.80. The lowest BCUT2D eigenvalue weighted by Crippen LogP contribution is -2.08. The summed E-state index contributed by atoms with van der Waals surface area (Å²) in [4.78, 5) is 0.723. The van der Waals surface area contributed by atoms with Crippen LogP contribution in [-0.4, -0.2) is 11.9 Å². The van der Waals surface area contributed by atoms with E-state index >= 15 is 0 Å². The number of hydrogen-bond donors (Lipinski definition) is 0. The number of halogens is 1. The van der Waals surface area contributed by atoms with Crippen LogP contribution in [0.25, 0.3) is 0 Å². The summed E-state index contributed by atoms with van der Waals surface area (Å²) in [7, 11) is 1.74. The van der Waals surface area contributed by atoms with Gasteiger partial charge in [0.15, 0.2) is 0 Å². The minimum absolute atomic E-state index is 0.723. The second-order valence-electron chi connectivity index (χ2n) is 5.04. The number of hydrogen-bond acceptors (Lipinski definition) is 1. The minimum atomic E-state index is 0.723. The summed E-state index contributed by atoms with van der Waals surface area (Å²) in [6.45, 7) is 0. The zero-order chi connectivity index (χ0) is 12.1. The Kier molecular flexibility index (Phi) is 4.90. The molecule has 0 heterocycles. The predicted molar refractivity (Wildman–Crippen MR) is 76.0 cm³/mol. The first-order chi connectivity index (χ1) is 8.28. The standard InChI is InChI=1S/C15H21BrO/c1-17-15-8-4-6-13(11-15)9-12-5-2-3-7-14(16)10-12/h4,6,8,11-12,14H,2-3,5,7,9-10H2,1H3. The second kappa shape index (κ2) is 6.44. The number of methoxy groups -OCH3 is 1. The van der Waals surface area contributed by atoms with Gasteiger partial charge < -0.3 is 4.74 Å². The molecule has 1 aromatic carbocycles. The molecule has 94 valence electrons. The smallest absolute Gasteiger partial charge is 0.119 e. The fraction of sp³-hybridized carbons (Fsp3) is 0.600. The van der Waals surface area contributed by atoms with Crippen molar-refractivity contribution in [3.05, 3.63) is 29.8 Å². The fourth-order valence-electron chi connectivity index (χ4n) is 2.71. The van der Waals surface area contributed by atoms with Gasteiger partial charge in [0.1, 0.15) is 5.75 Å². The van der Waals surface area contributed by atoms with Gasteiger partial charge >= 0.3 is 0 Å². The van der Waals surface area contributed by atoms with Gasteiger partial charge in [-0.25, -0.2) is 0 Å². The highest BCUT2D eigenvalue weighted by Crippen LogP contribution is 2.30. The molecule has 1 nitrogen and oxygen atoms in total. The Balaban J connectivity index is 1.98. The molecule has 1 fully saturated rings. The minimum Gasteiger partial charge on any atom is -0.497 e. The second-order valence-corrected chi connectivity index (χ2v) is 6.33. The van der Waals surface area contributed by atoms with Crippen molar-refractivity contribution in [2.24, 2.45) is 5.92 Å². The molecule has 1 saturated carbocycles. The fourth-order valence-corrected chi connectivity index (χ4v) is 3.57. The highest BCUT2D eigenvalue weighted by Gasteiger charge is 2.18. The number of benzene rings is 1. The quantitative estimate of drug-likeness (QED) is 0.586. The first-order valence-electron chi connectivity index (χ1n) is 6.55. The summed E-state index contributed by atoms with van der Waals surface area (Å²) in [6.07, 6.45) is 7.99. The molecule has 0 bridgehead atoms. The molecular weight excluding hydrogens is 276 g/mol. The molecule has 0 radical (unpaired) electrons. The molecular formula is C15H21BrO. The topological polar surface area (TPSA) is 9.23 Å². The van der Waals surface area contributed by atoms with Gasteiger partial charge in [-0.2, -0.15) is 0 Å². The van der Waals surface area contributed by atoms with Gasteiger partial charge in [-0.15, -0.1) is 0 Å². The molecule has 17 heavy (non-hydrogen) atoms. The molecule has 1 aromatic rings. The predicted octanol–water partition coefficient (Wildman–Crippen LogP) is 4.58. The van der Waals surface area contributed by atoms with Crippen LogP contribution in [-0.2, 0) is 6.42 Å². The molecule has 2 rings (SSSR count). The van der Waals surface area contributed by atoms with Gasteiger partial charge in [-0.1, -0.05) is 47.3 Å². The van der Waals surface area contributed by atoms with Crippen molar-refractivity contribution < 1.29 is 4.74 Å². The maximum Gasteiger partial charge on any atom is 0.119 e. The molecule has 1 aliphatic carbocycles. The van der Waals surface area contributed by atoms with E-state index in [2.05, 4.69) is 34.1 Å². The van der Waals surface area contributed by atoms with Gasteiger partial charge in [0.05, 0.1) is 7.11 Å². The van der Waals surface area contributed by atoms with Crippen molar-refractivity contribution in [2.75, 3.05) is 7.11 Å². The van der Waals surface area contributed by atoms with Crippen molar-refractivity contribution in [3.8, 4) is 5.75 Å². The lowest BCUT2D eigenvalue weighted by atomic mass is 9.92. The summed E-state index contributed by atoms with van der Waals surface area (Å²) < 4.78 is 5.28. The van der Waals surface area contributed by atoms with Crippen molar-refractivity contribution in [1.29, 1.82) is 0 Å². The Labute approximate surface area is 113 Å². The van der Waals surface area contributed by atoms with Crippen molar-refractivity contribution in [2.45, 2.75) is 43.4 Å². The number of rotatable bonds is 3. The van der Waals surface area contributed by atoms with Gasteiger partial charge in [0.2, 0.25) is 0 Å². The highest BCUT2D eigenvalue weighted by atomic mass is 79.9. The van der Waals surface area contributed by atoms with E-state index in [1.165, 1.54) is 44.1 Å². The third-order valence-corrected chi connectivity index (χ3v) is 4.46. The monoisotopic (exact) mass is 296 g/mol. The Hall–Kier alpha value is -0.500. The number of ether oxygens (including phenoxy) is 1. The average Bonchev–Trinajstić information content (AvgIpc) is 2.54. The Morgan fingerprint density at radius 2 is 2.12 bits per heavy atom. The maximum atomic E-state index is 5.28. The van der Waals surface area contributed by atoms with Crippen LogP contribution in [0.2, 0.25) is 0 Å². The van der Waals surface area contributed by atoms with E-state index in [0.717, 1.165) is 16.5 Å². The Morgan fingerprint density at radius 3 is 2.94 bits per heavy atom. The van der Waals surface area contributed by atoms with Crippen LogP contribution in [0.5, 0.6) is 5.75 Å².